The zero-order chi connectivity index (χ0) is 37.5. The van der Waals surface area contributed by atoms with E-state index in [0.29, 0.717) is 22.5 Å². The summed E-state index contributed by atoms with van der Waals surface area (Å²) >= 11 is 13.1. The topological polar surface area (TPSA) is 160 Å². The number of aliphatic hydroxyl groups excluding tert-OH is 1. The number of rotatable bonds is 9. The average molecular weight is 870 g/mol. The van der Waals surface area contributed by atoms with Crippen LogP contribution < -0.4 is 15.5 Å². The predicted octanol–water partition coefficient (Wildman–Crippen LogP) is 7.94. The van der Waals surface area contributed by atoms with Crippen molar-refractivity contribution in [3.8, 4) is 0 Å². The van der Waals surface area contributed by atoms with Gasteiger partial charge in [0.1, 0.15) is 28.2 Å². The Hall–Kier alpha value is -4.38. The minimum absolute atomic E-state index is 0.211. The summed E-state index contributed by atoms with van der Waals surface area (Å²) in [7, 11) is 0. The molecule has 0 saturated heterocycles. The van der Waals surface area contributed by atoms with E-state index in [2.05, 4.69) is 67.6 Å². The summed E-state index contributed by atoms with van der Waals surface area (Å²) in [4.78, 5) is 31.6. The average Bonchev–Trinajstić information content (AvgIpc) is 3.71. The van der Waals surface area contributed by atoms with Gasteiger partial charge >= 0.3 is 6.09 Å². The predicted molar refractivity (Wildman–Crippen MR) is 211 cm³/mol. The molecule has 1 aliphatic rings. The molecule has 0 radical (unpaired) electrons. The van der Waals surface area contributed by atoms with E-state index in [4.69, 9.17) is 21.3 Å². The van der Waals surface area contributed by atoms with Crippen molar-refractivity contribution in [1.82, 2.24) is 39.2 Å². The van der Waals surface area contributed by atoms with E-state index in [1.807, 2.05) is 57.3 Å². The second kappa shape index (κ2) is 17.2. The molecule has 14 nitrogen and oxygen atoms in total. The zero-order valence-electron chi connectivity index (χ0n) is 29.5. The molecule has 2 atom stereocenters. The number of aromatic nitrogens is 8. The molecule has 3 N–H and O–H groups in total. The van der Waals surface area contributed by atoms with Crippen LogP contribution in [-0.4, -0.2) is 68.6 Å². The molecule has 6 aromatic heterocycles. The quantitative estimate of drug-likeness (QED) is 0.121. The lowest BCUT2D eigenvalue weighted by Gasteiger charge is -2.31. The Balaban J connectivity index is 0.000000182. The highest BCUT2D eigenvalue weighted by Crippen LogP contribution is 2.30. The van der Waals surface area contributed by atoms with Crippen LogP contribution in [0.15, 0.2) is 82.5 Å². The van der Waals surface area contributed by atoms with Crippen LogP contribution >= 0.6 is 43.5 Å². The molecule has 6 heterocycles. The fourth-order valence-electron chi connectivity index (χ4n) is 5.95. The molecule has 0 unspecified atom stereocenters. The van der Waals surface area contributed by atoms with Crippen molar-refractivity contribution in [3.05, 3.63) is 98.8 Å². The third-order valence-corrected chi connectivity index (χ3v) is 9.75. The number of halogens is 3. The van der Waals surface area contributed by atoms with Gasteiger partial charge in [-0.15, -0.1) is 0 Å². The molecule has 0 bridgehead atoms. The SMILES string of the molecule is CC(C)(C)OC(=O)N(Cc1cccnc1)c1cc(Cl)nc2c(Br)cnn12.OC[C@H]1CCCC[C@H]1Nc1cc(NCc2cccnc2)n2ncc(Br)c2n1. The number of carbonyl (C=O) groups is 1. The summed E-state index contributed by atoms with van der Waals surface area (Å²) in [6.07, 6.45) is 14.3. The fraction of sp³-hybridized carbons (Fsp3) is 0.361. The standard InChI is InChI=1S/C19H23BrN6O.C17H17BrClN5O2/c20-15-11-23-26-18(22-10-13-4-3-7-21-9-13)8-17(25-19(15)26)24-16-6-2-1-5-14(16)12-27;1-17(2,3)26-16(25)23(10-11-5-4-6-20-8-11)14-7-13(19)22-15-12(18)9-21-24(14)15/h3-4,7-9,11,14,16,22,27H,1-2,5-6,10,12H2,(H,24,25);4-9H,10H2,1-3H3/t14-,16-;/m1./s1. The number of hydrogen-bond acceptors (Lipinski definition) is 11. The number of fused-ring (bicyclic) bond motifs is 2. The maximum atomic E-state index is 12.9. The summed E-state index contributed by atoms with van der Waals surface area (Å²) < 4.78 is 10.4. The van der Waals surface area contributed by atoms with Gasteiger partial charge < -0.3 is 20.5 Å². The van der Waals surface area contributed by atoms with Gasteiger partial charge in [0.15, 0.2) is 11.3 Å². The molecule has 1 fully saturated rings. The highest BCUT2D eigenvalue weighted by molar-refractivity contribution is 9.11. The third kappa shape index (κ3) is 9.79. The van der Waals surface area contributed by atoms with E-state index in [1.54, 1.807) is 41.6 Å². The van der Waals surface area contributed by atoms with Crippen molar-refractivity contribution < 1.29 is 14.6 Å². The number of pyridine rings is 2. The summed E-state index contributed by atoms with van der Waals surface area (Å²) in [5, 5.41) is 25.6. The van der Waals surface area contributed by atoms with Gasteiger partial charge in [0.05, 0.1) is 27.9 Å². The molecule has 7 rings (SSSR count). The van der Waals surface area contributed by atoms with Crippen LogP contribution in [-0.2, 0) is 17.8 Å². The molecular formula is C36H40Br2ClN11O3. The normalized spacial score (nSPS) is 15.8. The Morgan fingerprint density at radius 3 is 2.28 bits per heavy atom. The molecular weight excluding hydrogens is 830 g/mol. The lowest BCUT2D eigenvalue weighted by molar-refractivity contribution is 0.0575. The van der Waals surface area contributed by atoms with Crippen molar-refractivity contribution in [2.24, 2.45) is 5.92 Å². The summed E-state index contributed by atoms with van der Waals surface area (Å²) in [6.45, 7) is 6.54. The van der Waals surface area contributed by atoms with E-state index >= 15 is 0 Å². The van der Waals surface area contributed by atoms with E-state index in [-0.39, 0.29) is 30.3 Å². The molecule has 17 heteroatoms. The number of aliphatic hydroxyl groups is 1. The monoisotopic (exact) mass is 867 g/mol. The van der Waals surface area contributed by atoms with Crippen LogP contribution in [0.2, 0.25) is 5.15 Å². The Morgan fingerprint density at radius 2 is 1.62 bits per heavy atom. The Bertz CT molecular complexity index is 2150. The maximum absolute atomic E-state index is 12.9. The molecule has 278 valence electrons. The fourth-order valence-corrected chi connectivity index (χ4v) is 6.83. The van der Waals surface area contributed by atoms with E-state index in [0.717, 1.165) is 45.7 Å². The van der Waals surface area contributed by atoms with Crippen LogP contribution in [0.5, 0.6) is 0 Å². The smallest absolute Gasteiger partial charge is 0.416 e. The van der Waals surface area contributed by atoms with Gasteiger partial charge in [0, 0.05) is 62.0 Å². The molecule has 0 aromatic carbocycles. The van der Waals surface area contributed by atoms with E-state index < -0.39 is 11.7 Å². The Labute approximate surface area is 328 Å². The number of anilines is 3. The number of amides is 1. The van der Waals surface area contributed by atoms with Crippen molar-refractivity contribution >= 4 is 78.3 Å². The first-order chi connectivity index (χ1) is 25.5. The highest BCUT2D eigenvalue weighted by Gasteiger charge is 2.27. The molecule has 1 aliphatic carbocycles. The van der Waals surface area contributed by atoms with Crippen molar-refractivity contribution in [1.29, 1.82) is 0 Å². The van der Waals surface area contributed by atoms with Crippen LogP contribution in [0.1, 0.15) is 57.6 Å². The van der Waals surface area contributed by atoms with Crippen LogP contribution in [0, 0.1) is 5.92 Å². The number of nitrogens with one attached hydrogen (secondary N) is 2. The van der Waals surface area contributed by atoms with Gasteiger partial charge in [0.25, 0.3) is 0 Å². The molecule has 0 spiro atoms. The molecule has 0 aliphatic heterocycles. The second-order valence-electron chi connectivity index (χ2n) is 13.5. The second-order valence-corrected chi connectivity index (χ2v) is 15.6. The summed E-state index contributed by atoms with van der Waals surface area (Å²) in [6, 6.07) is 11.4. The molecule has 53 heavy (non-hydrogen) atoms. The number of carbonyl (C=O) groups excluding carboxylic acids is 1. The number of ether oxygens (including phenoxy) is 1. The third-order valence-electron chi connectivity index (χ3n) is 8.43. The van der Waals surface area contributed by atoms with Gasteiger partial charge in [-0.25, -0.2) is 14.8 Å². The van der Waals surface area contributed by atoms with Gasteiger partial charge in [-0.3, -0.25) is 14.9 Å². The minimum atomic E-state index is -0.648. The van der Waals surface area contributed by atoms with Crippen LogP contribution in [0.25, 0.3) is 11.3 Å². The first-order valence-corrected chi connectivity index (χ1v) is 19.1. The molecule has 6 aromatic rings. The van der Waals surface area contributed by atoms with Crippen LogP contribution in [0.3, 0.4) is 0 Å². The van der Waals surface area contributed by atoms with E-state index in [9.17, 15) is 9.90 Å². The van der Waals surface area contributed by atoms with Crippen molar-refractivity contribution in [3.63, 3.8) is 0 Å². The van der Waals surface area contributed by atoms with Gasteiger partial charge in [-0.05, 0) is 88.7 Å². The van der Waals surface area contributed by atoms with Crippen molar-refractivity contribution in [2.75, 3.05) is 22.1 Å². The van der Waals surface area contributed by atoms with Gasteiger partial charge in [-0.2, -0.15) is 19.2 Å². The van der Waals surface area contributed by atoms with E-state index in [1.165, 1.54) is 22.3 Å². The highest BCUT2D eigenvalue weighted by atomic mass is 79.9. The maximum Gasteiger partial charge on any atom is 0.416 e. The van der Waals surface area contributed by atoms with Crippen molar-refractivity contribution in [2.45, 2.75) is 71.2 Å². The largest absolute Gasteiger partial charge is 0.443 e. The lowest BCUT2D eigenvalue weighted by Crippen LogP contribution is -2.37. The first-order valence-electron chi connectivity index (χ1n) is 17.1. The zero-order valence-corrected chi connectivity index (χ0v) is 33.4. The van der Waals surface area contributed by atoms with Crippen LogP contribution in [0.4, 0.5) is 22.2 Å². The number of hydrogen-bond donors (Lipinski definition) is 3. The minimum Gasteiger partial charge on any atom is -0.443 e. The summed E-state index contributed by atoms with van der Waals surface area (Å²) in [5.74, 6) is 2.37. The molecule has 1 amide bonds. The number of nitrogens with zero attached hydrogens (tertiary/aromatic N) is 9. The summed E-state index contributed by atoms with van der Waals surface area (Å²) in [5.41, 5.74) is 2.55. The van der Waals surface area contributed by atoms with Gasteiger partial charge in [-0.1, -0.05) is 36.6 Å². The lowest BCUT2D eigenvalue weighted by atomic mass is 9.85. The first kappa shape index (κ1) is 38.3. The molecule has 1 saturated carbocycles. The Morgan fingerprint density at radius 1 is 0.962 bits per heavy atom. The Kier molecular flexibility index (Phi) is 12.4. The van der Waals surface area contributed by atoms with Gasteiger partial charge in [0.2, 0.25) is 0 Å².